The first kappa shape index (κ1) is 38.0. The van der Waals surface area contributed by atoms with E-state index in [-0.39, 0.29) is 11.3 Å². The molecule has 0 radical (unpaired) electrons. The Morgan fingerprint density at radius 2 is 0.750 bits per heavy atom. The van der Waals surface area contributed by atoms with Gasteiger partial charge >= 0.3 is 0 Å². The summed E-state index contributed by atoms with van der Waals surface area (Å²) < 4.78 is 222. The van der Waals surface area contributed by atoms with Gasteiger partial charge in [0, 0.05) is 64.3 Å². The molecule has 56 heavy (non-hydrogen) atoms. The summed E-state index contributed by atoms with van der Waals surface area (Å²) in [5, 5.41) is 0. The molecule has 0 amide bonds. The molecule has 0 bridgehead atoms. The van der Waals surface area contributed by atoms with Gasteiger partial charge in [-0.3, -0.25) is 0 Å². The summed E-state index contributed by atoms with van der Waals surface area (Å²) in [6.45, 7) is 0. The largest absolute Gasteiger partial charge is 0.367 e. The van der Waals surface area contributed by atoms with Gasteiger partial charge in [-0.05, 0) is 47.5 Å². The van der Waals surface area contributed by atoms with Crippen LogP contribution >= 0.6 is 0 Å². The van der Waals surface area contributed by atoms with Crippen LogP contribution in [-0.2, 0) is 0 Å². The molecule has 4 heterocycles. The van der Waals surface area contributed by atoms with E-state index < -0.39 is 144 Å². The van der Waals surface area contributed by atoms with E-state index >= 15 is 26.3 Å². The van der Waals surface area contributed by atoms with Crippen molar-refractivity contribution < 1.29 is 65.9 Å². The van der Waals surface area contributed by atoms with Crippen molar-refractivity contribution in [3.05, 3.63) is 199 Å². The first-order chi connectivity index (χ1) is 26.6. The maximum atomic E-state index is 15.6. The zero-order valence-corrected chi connectivity index (χ0v) is 27.2. The summed E-state index contributed by atoms with van der Waals surface area (Å²) in [4.78, 5) is 10.1. The molecule has 4 N–H and O–H groups in total. The van der Waals surface area contributed by atoms with E-state index in [1.807, 2.05) is 0 Å². The monoisotopic (exact) mass is 802 g/mol. The Labute approximate surface area is 302 Å². The van der Waals surface area contributed by atoms with E-state index in [1.54, 1.807) is 0 Å². The maximum absolute atomic E-state index is 15.6. The van der Waals surface area contributed by atoms with Crippen LogP contribution in [0.2, 0.25) is 0 Å². The van der Waals surface area contributed by atoms with Crippen LogP contribution in [0.4, 0.5) is 65.9 Å². The predicted octanol–water partition coefficient (Wildman–Crippen LogP) is 10.6. The zero-order valence-electron chi connectivity index (χ0n) is 27.2. The molecular formula is C37H17F15N4. The van der Waals surface area contributed by atoms with Crippen LogP contribution in [0, 0.1) is 87.3 Å². The molecule has 4 aromatic heterocycles. The number of nitrogens with one attached hydrogen (secondary N) is 4. The van der Waals surface area contributed by atoms with Crippen LogP contribution in [0.1, 0.15) is 68.3 Å². The van der Waals surface area contributed by atoms with Gasteiger partial charge in [0.15, 0.2) is 69.8 Å². The van der Waals surface area contributed by atoms with Crippen LogP contribution < -0.4 is 0 Å². The van der Waals surface area contributed by atoms with Crippen molar-refractivity contribution in [1.82, 2.24) is 19.9 Å². The zero-order chi connectivity index (χ0) is 40.5. The van der Waals surface area contributed by atoms with Crippen LogP contribution in [0.5, 0.6) is 0 Å². The third kappa shape index (κ3) is 5.83. The Balaban J connectivity index is 1.46. The fourth-order valence-corrected chi connectivity index (χ4v) is 6.68. The summed E-state index contributed by atoms with van der Waals surface area (Å²) in [7, 11) is 0. The predicted molar refractivity (Wildman–Crippen MR) is 165 cm³/mol. The molecule has 0 spiro atoms. The van der Waals surface area contributed by atoms with Crippen molar-refractivity contribution in [3.63, 3.8) is 0 Å². The molecule has 290 valence electrons. The van der Waals surface area contributed by atoms with Gasteiger partial charge in [-0.1, -0.05) is 0 Å². The minimum atomic E-state index is -2.57. The Morgan fingerprint density at radius 1 is 0.339 bits per heavy atom. The first-order valence-corrected chi connectivity index (χ1v) is 15.7. The maximum Gasteiger partial charge on any atom is 0.200 e. The highest BCUT2D eigenvalue weighted by atomic mass is 19.2. The molecule has 19 heteroatoms. The fraction of sp³-hybridized carbons (Fsp3) is 0.0811. The van der Waals surface area contributed by atoms with Gasteiger partial charge in [0.2, 0.25) is 17.5 Å². The second-order valence-corrected chi connectivity index (χ2v) is 12.3. The van der Waals surface area contributed by atoms with Crippen molar-refractivity contribution in [2.24, 2.45) is 0 Å². The Hall–Kier alpha value is -6.27. The summed E-state index contributed by atoms with van der Waals surface area (Å²) in [6, 6.07) is 6.34. The highest BCUT2D eigenvalue weighted by Crippen LogP contribution is 2.43. The SMILES string of the molecule is Fc1c(F)c(F)c(C(c2cc[nH]c2)c2cc(C(c3ccc(C(c4ccc[nH]4)c4c(F)c(F)c(F)c(F)c4F)[nH]3)c3c(F)c(F)c(F)c(F)c3F)c[nH]2)c(F)c1F. The number of aromatic nitrogens is 4. The molecular weight excluding hydrogens is 785 g/mol. The minimum Gasteiger partial charge on any atom is -0.367 e. The normalized spacial score (nSPS) is 13.4. The average molecular weight is 803 g/mol. The smallest absolute Gasteiger partial charge is 0.200 e. The molecule has 0 saturated carbocycles. The standard InChI is InChI=1S/C37H17F15N4/c38-23-20(24(39)30(45)35(50)29(23)44)17(11-5-7-53-9-11)16-8-12(10-55-16)18(21-25(40)31(46)36(51)32(47)26(21)41)14-3-4-15(56-14)19(13-2-1-6-54-13)22-27(42)33(48)37(52)34(49)28(22)43/h1-10,17-19,53-56H. The first-order valence-electron chi connectivity index (χ1n) is 15.7. The Bertz CT molecular complexity index is 2390. The van der Waals surface area contributed by atoms with Gasteiger partial charge in [0.1, 0.15) is 0 Å². The van der Waals surface area contributed by atoms with Gasteiger partial charge in [0.05, 0.1) is 17.8 Å². The lowest BCUT2D eigenvalue weighted by molar-refractivity contribution is 0.368. The summed E-state index contributed by atoms with van der Waals surface area (Å²) in [6.07, 6.45) is 4.36. The third-order valence-corrected chi connectivity index (χ3v) is 9.21. The molecule has 7 aromatic rings. The lowest BCUT2D eigenvalue weighted by atomic mass is 9.86. The van der Waals surface area contributed by atoms with Gasteiger partial charge in [-0.15, -0.1) is 0 Å². The van der Waals surface area contributed by atoms with Gasteiger partial charge < -0.3 is 19.9 Å². The summed E-state index contributed by atoms with van der Waals surface area (Å²) >= 11 is 0. The molecule has 4 nitrogen and oxygen atoms in total. The van der Waals surface area contributed by atoms with Crippen molar-refractivity contribution in [1.29, 1.82) is 0 Å². The van der Waals surface area contributed by atoms with Crippen LogP contribution in [0.3, 0.4) is 0 Å². The van der Waals surface area contributed by atoms with E-state index in [1.165, 1.54) is 30.6 Å². The number of rotatable bonds is 9. The summed E-state index contributed by atoms with van der Waals surface area (Å²) in [5.74, 6) is -41.6. The number of benzene rings is 3. The number of H-pyrrole nitrogens is 4. The van der Waals surface area contributed by atoms with Crippen LogP contribution in [0.25, 0.3) is 0 Å². The van der Waals surface area contributed by atoms with E-state index in [2.05, 4.69) is 19.9 Å². The van der Waals surface area contributed by atoms with Crippen molar-refractivity contribution in [2.45, 2.75) is 17.8 Å². The second kappa shape index (κ2) is 14.1. The van der Waals surface area contributed by atoms with Gasteiger partial charge in [0.25, 0.3) is 0 Å². The molecule has 3 aromatic carbocycles. The minimum absolute atomic E-state index is 0.145. The van der Waals surface area contributed by atoms with E-state index in [0.29, 0.717) is 0 Å². The van der Waals surface area contributed by atoms with E-state index in [4.69, 9.17) is 0 Å². The molecule has 3 unspecified atom stereocenters. The van der Waals surface area contributed by atoms with Gasteiger partial charge in [-0.25, -0.2) is 65.9 Å². The highest BCUT2D eigenvalue weighted by molar-refractivity contribution is 5.49. The number of halogens is 15. The van der Waals surface area contributed by atoms with Crippen molar-refractivity contribution in [2.75, 3.05) is 0 Å². The van der Waals surface area contributed by atoms with Crippen molar-refractivity contribution in [3.8, 4) is 0 Å². The quantitative estimate of drug-likeness (QED) is 0.0638. The number of hydrogen-bond donors (Lipinski definition) is 4. The Kier molecular flexibility index (Phi) is 9.57. The third-order valence-electron chi connectivity index (χ3n) is 9.21. The molecule has 0 aliphatic carbocycles. The van der Waals surface area contributed by atoms with E-state index in [0.717, 1.165) is 30.6 Å². The number of hydrogen-bond acceptors (Lipinski definition) is 0. The van der Waals surface area contributed by atoms with Crippen LogP contribution in [-0.4, -0.2) is 19.9 Å². The molecule has 7 rings (SSSR count). The summed E-state index contributed by atoms with van der Waals surface area (Å²) in [5.41, 5.74) is -6.69. The average Bonchev–Trinajstić information content (AvgIpc) is 4.04. The molecule has 3 atom stereocenters. The van der Waals surface area contributed by atoms with E-state index in [9.17, 15) is 39.5 Å². The lowest BCUT2D eigenvalue weighted by Gasteiger charge is -2.21. The molecule has 0 fully saturated rings. The van der Waals surface area contributed by atoms with Crippen molar-refractivity contribution >= 4 is 0 Å². The van der Waals surface area contributed by atoms with Gasteiger partial charge in [-0.2, -0.15) is 0 Å². The number of aromatic amines is 4. The highest BCUT2D eigenvalue weighted by Gasteiger charge is 2.38. The topological polar surface area (TPSA) is 63.2 Å². The molecule has 0 aliphatic rings. The second-order valence-electron chi connectivity index (χ2n) is 12.3. The lowest BCUT2D eigenvalue weighted by Crippen LogP contribution is -2.16. The Morgan fingerprint density at radius 3 is 1.16 bits per heavy atom. The van der Waals surface area contributed by atoms with Crippen LogP contribution in [0.15, 0.2) is 61.2 Å². The molecule has 0 aliphatic heterocycles. The fourth-order valence-electron chi connectivity index (χ4n) is 6.68. The molecule has 0 saturated heterocycles.